The van der Waals surface area contributed by atoms with E-state index in [1.807, 2.05) is 0 Å². The molecule has 0 spiro atoms. The summed E-state index contributed by atoms with van der Waals surface area (Å²) in [4.78, 5) is 55.4. The summed E-state index contributed by atoms with van der Waals surface area (Å²) in [5, 5.41) is 0. The first-order chi connectivity index (χ1) is 7.25. The molecule has 0 aromatic rings. The first-order valence-electron chi connectivity index (χ1n) is 4.80. The van der Waals surface area contributed by atoms with Gasteiger partial charge in [-0.2, -0.15) is 0 Å². The van der Waals surface area contributed by atoms with Gasteiger partial charge in [-0.25, -0.2) is 0 Å². The van der Waals surface area contributed by atoms with E-state index in [2.05, 4.69) is 0 Å². The highest BCUT2D eigenvalue weighted by Gasteiger charge is 2.31. The van der Waals surface area contributed by atoms with E-state index in [0.29, 0.717) is 0 Å². The fourth-order valence-electron chi connectivity index (χ4n) is 1.33. The second-order valence-electron chi connectivity index (χ2n) is 3.73. The number of carbonyl (C=O) groups is 5. The Bertz CT molecular complexity index is 325. The molecule has 0 aromatic heterocycles. The predicted molar refractivity (Wildman–Crippen MR) is 54.8 cm³/mol. The number of carbonyl (C=O) groups excluding carboxylic acids is 5. The van der Waals surface area contributed by atoms with E-state index in [4.69, 9.17) is 0 Å². The van der Waals surface area contributed by atoms with E-state index >= 15 is 0 Å². The maximum Gasteiger partial charge on any atom is 0.158 e. The van der Waals surface area contributed by atoms with Gasteiger partial charge in [-0.3, -0.25) is 24.0 Å². The number of hydrogen-bond donors (Lipinski definition) is 0. The summed E-state index contributed by atoms with van der Waals surface area (Å²) in [5.74, 6) is -4.37. The van der Waals surface area contributed by atoms with E-state index in [0.717, 1.165) is 6.92 Å². The van der Waals surface area contributed by atoms with Crippen molar-refractivity contribution in [2.24, 2.45) is 5.92 Å². The number of rotatable bonds is 7. The van der Waals surface area contributed by atoms with Crippen LogP contribution < -0.4 is 0 Å². The lowest BCUT2D eigenvalue weighted by atomic mass is 9.90. The lowest BCUT2D eigenvalue weighted by Crippen LogP contribution is -2.32. The van der Waals surface area contributed by atoms with E-state index < -0.39 is 47.7 Å². The Hall–Kier alpha value is -1.65. The summed E-state index contributed by atoms with van der Waals surface area (Å²) in [7, 11) is 0. The highest BCUT2D eigenvalue weighted by Crippen LogP contribution is 2.09. The van der Waals surface area contributed by atoms with Crippen molar-refractivity contribution in [1.82, 2.24) is 0 Å². The smallest absolute Gasteiger partial charge is 0.158 e. The lowest BCUT2D eigenvalue weighted by Gasteiger charge is -2.09. The SMILES string of the molecule is CC(=O)CC(=O)C(C(C)=O)C(=O)CC(C)=O. The quantitative estimate of drug-likeness (QED) is 0.582. The summed E-state index contributed by atoms with van der Waals surface area (Å²) >= 11 is 0. The molecule has 0 aliphatic carbocycles. The van der Waals surface area contributed by atoms with Gasteiger partial charge in [-0.15, -0.1) is 0 Å². The number of ketones is 5. The lowest BCUT2D eigenvalue weighted by molar-refractivity contribution is -0.140. The highest BCUT2D eigenvalue weighted by molar-refractivity contribution is 6.24. The number of Topliss-reactive ketones (excluding diaryl/α,β-unsaturated/α-hetero) is 5. The fourth-order valence-corrected chi connectivity index (χ4v) is 1.33. The largest absolute Gasteiger partial charge is 0.300 e. The van der Waals surface area contributed by atoms with E-state index in [1.165, 1.54) is 13.8 Å². The molecule has 0 rings (SSSR count). The fraction of sp³-hybridized carbons (Fsp3) is 0.545. The molecule has 0 aliphatic rings. The van der Waals surface area contributed by atoms with Crippen molar-refractivity contribution < 1.29 is 24.0 Å². The van der Waals surface area contributed by atoms with Gasteiger partial charge >= 0.3 is 0 Å². The molecule has 0 unspecified atom stereocenters. The molecule has 0 saturated heterocycles. The van der Waals surface area contributed by atoms with Crippen LogP contribution in [0.1, 0.15) is 33.6 Å². The third-order valence-corrected chi connectivity index (χ3v) is 1.90. The minimum absolute atomic E-state index is 0.410. The van der Waals surface area contributed by atoms with Crippen molar-refractivity contribution in [2.75, 3.05) is 0 Å². The summed E-state index contributed by atoms with van der Waals surface area (Å²) in [6.45, 7) is 3.50. The van der Waals surface area contributed by atoms with Crippen LogP contribution in [0.15, 0.2) is 0 Å². The van der Waals surface area contributed by atoms with Crippen molar-refractivity contribution in [3.8, 4) is 0 Å². The molecule has 0 aromatic carbocycles. The van der Waals surface area contributed by atoms with Crippen LogP contribution in [0.2, 0.25) is 0 Å². The Labute approximate surface area is 93.2 Å². The maximum atomic E-state index is 11.4. The van der Waals surface area contributed by atoms with E-state index in [9.17, 15) is 24.0 Å². The van der Waals surface area contributed by atoms with Gasteiger partial charge in [0.15, 0.2) is 11.6 Å². The summed E-state index contributed by atoms with van der Waals surface area (Å²) < 4.78 is 0. The Morgan fingerprint density at radius 1 is 0.750 bits per heavy atom. The van der Waals surface area contributed by atoms with Crippen LogP contribution in [0.4, 0.5) is 0 Å². The van der Waals surface area contributed by atoms with Gasteiger partial charge < -0.3 is 0 Å². The van der Waals surface area contributed by atoms with E-state index in [1.54, 1.807) is 0 Å². The Morgan fingerprint density at radius 3 is 1.25 bits per heavy atom. The van der Waals surface area contributed by atoms with Crippen molar-refractivity contribution in [3.05, 3.63) is 0 Å². The highest BCUT2D eigenvalue weighted by atomic mass is 16.2. The van der Waals surface area contributed by atoms with Gasteiger partial charge in [0.1, 0.15) is 23.3 Å². The third-order valence-electron chi connectivity index (χ3n) is 1.90. The standard InChI is InChI=1S/C11H14O5/c1-6(12)4-9(15)11(8(3)14)10(16)5-7(2)13/h11H,4-5H2,1-3H3. The molecule has 88 valence electrons. The summed E-state index contributed by atoms with van der Waals surface area (Å²) in [6.07, 6.45) is -0.901. The molecule has 0 radical (unpaired) electrons. The minimum atomic E-state index is -1.47. The first-order valence-corrected chi connectivity index (χ1v) is 4.80. The minimum Gasteiger partial charge on any atom is -0.300 e. The van der Waals surface area contributed by atoms with Crippen molar-refractivity contribution >= 4 is 28.9 Å². The molecule has 16 heavy (non-hydrogen) atoms. The average molecular weight is 226 g/mol. The molecule has 0 bridgehead atoms. The van der Waals surface area contributed by atoms with Gasteiger partial charge in [-0.1, -0.05) is 0 Å². The molecule has 0 fully saturated rings. The van der Waals surface area contributed by atoms with Gasteiger partial charge in [0.25, 0.3) is 0 Å². The second kappa shape index (κ2) is 6.05. The van der Waals surface area contributed by atoms with Crippen LogP contribution in [-0.2, 0) is 24.0 Å². The zero-order valence-corrected chi connectivity index (χ0v) is 9.53. The summed E-state index contributed by atoms with van der Waals surface area (Å²) in [5.41, 5.74) is 0. The monoisotopic (exact) mass is 226 g/mol. The zero-order valence-electron chi connectivity index (χ0n) is 9.53. The van der Waals surface area contributed by atoms with Crippen molar-refractivity contribution in [1.29, 1.82) is 0 Å². The molecule has 5 heteroatoms. The molecule has 0 saturated carbocycles. The van der Waals surface area contributed by atoms with Crippen LogP contribution in [0.5, 0.6) is 0 Å². The Balaban J connectivity index is 4.80. The van der Waals surface area contributed by atoms with Crippen LogP contribution in [0.25, 0.3) is 0 Å². The molecule has 0 atom stereocenters. The van der Waals surface area contributed by atoms with Crippen molar-refractivity contribution in [3.63, 3.8) is 0 Å². The average Bonchev–Trinajstić information content (AvgIpc) is 1.98. The van der Waals surface area contributed by atoms with Gasteiger partial charge in [0.05, 0.1) is 12.8 Å². The third kappa shape index (κ3) is 4.72. The summed E-state index contributed by atoms with van der Waals surface area (Å²) in [6, 6.07) is 0. The maximum absolute atomic E-state index is 11.4. The molecule has 0 heterocycles. The predicted octanol–water partition coefficient (Wildman–Crippen LogP) is 0.288. The first kappa shape index (κ1) is 14.3. The van der Waals surface area contributed by atoms with Gasteiger partial charge in [0, 0.05) is 0 Å². The van der Waals surface area contributed by atoms with Crippen LogP contribution in [0.3, 0.4) is 0 Å². The topological polar surface area (TPSA) is 85.3 Å². The zero-order chi connectivity index (χ0) is 12.9. The second-order valence-corrected chi connectivity index (χ2v) is 3.73. The molecular weight excluding hydrogens is 212 g/mol. The molecular formula is C11H14O5. The van der Waals surface area contributed by atoms with Gasteiger partial charge in [0.2, 0.25) is 0 Å². The number of hydrogen-bond acceptors (Lipinski definition) is 5. The molecule has 0 aliphatic heterocycles. The van der Waals surface area contributed by atoms with Crippen LogP contribution in [0, 0.1) is 5.92 Å². The van der Waals surface area contributed by atoms with Crippen LogP contribution in [-0.4, -0.2) is 28.9 Å². The Morgan fingerprint density at radius 2 is 1.06 bits per heavy atom. The molecule has 0 amide bonds. The molecule has 5 nitrogen and oxygen atoms in total. The van der Waals surface area contributed by atoms with Crippen LogP contribution >= 0.6 is 0 Å². The molecule has 0 N–H and O–H groups in total. The van der Waals surface area contributed by atoms with Gasteiger partial charge in [-0.05, 0) is 20.8 Å². The van der Waals surface area contributed by atoms with E-state index in [-0.39, 0.29) is 0 Å². The normalized spacial score (nSPS) is 10.0. The van der Waals surface area contributed by atoms with Crippen molar-refractivity contribution in [2.45, 2.75) is 33.6 Å². The Kier molecular flexibility index (Phi) is 5.42.